The highest BCUT2D eigenvalue weighted by atomic mass is 19.1. The molecular formula is C15H20FN3O2. The fourth-order valence-corrected chi connectivity index (χ4v) is 1.55. The molecule has 0 heterocycles. The SMILES string of the molecule is CC(C)(C)OC(=O)NCCCNc1ccc(F)c(C#N)c1. The molecule has 2 N–H and O–H groups in total. The smallest absolute Gasteiger partial charge is 0.407 e. The molecule has 0 saturated carbocycles. The number of alkyl carbamates (subject to hydrolysis) is 1. The molecule has 1 aromatic rings. The molecule has 0 bridgehead atoms. The Kier molecular flexibility index (Phi) is 5.97. The maximum absolute atomic E-state index is 13.1. The molecule has 5 nitrogen and oxygen atoms in total. The van der Waals surface area contributed by atoms with E-state index in [9.17, 15) is 9.18 Å². The lowest BCUT2D eigenvalue weighted by Crippen LogP contribution is -2.33. The van der Waals surface area contributed by atoms with Crippen LogP contribution in [0.2, 0.25) is 0 Å². The second-order valence-corrected chi connectivity index (χ2v) is 5.52. The second-order valence-electron chi connectivity index (χ2n) is 5.52. The number of hydrogen-bond donors (Lipinski definition) is 2. The van der Waals surface area contributed by atoms with E-state index in [-0.39, 0.29) is 5.56 Å². The summed E-state index contributed by atoms with van der Waals surface area (Å²) in [5.41, 5.74) is 0.168. The van der Waals surface area contributed by atoms with Gasteiger partial charge in [-0.25, -0.2) is 9.18 Å². The van der Waals surface area contributed by atoms with Crippen molar-refractivity contribution in [3.63, 3.8) is 0 Å². The number of hydrogen-bond acceptors (Lipinski definition) is 4. The predicted octanol–water partition coefficient (Wildman–Crippen LogP) is 3.02. The Labute approximate surface area is 124 Å². The van der Waals surface area contributed by atoms with Crippen LogP contribution in [-0.2, 0) is 4.74 Å². The first kappa shape index (κ1) is 16.8. The van der Waals surface area contributed by atoms with Crippen LogP contribution in [0.1, 0.15) is 32.8 Å². The number of nitriles is 1. The van der Waals surface area contributed by atoms with Crippen molar-refractivity contribution in [2.45, 2.75) is 32.8 Å². The van der Waals surface area contributed by atoms with Gasteiger partial charge < -0.3 is 15.4 Å². The number of carbonyl (C=O) groups is 1. The van der Waals surface area contributed by atoms with Gasteiger partial charge in [-0.3, -0.25) is 0 Å². The number of halogens is 1. The van der Waals surface area contributed by atoms with Gasteiger partial charge in [0, 0.05) is 18.8 Å². The molecule has 21 heavy (non-hydrogen) atoms. The third kappa shape index (κ3) is 6.61. The van der Waals surface area contributed by atoms with E-state index in [0.29, 0.717) is 25.2 Å². The average molecular weight is 293 g/mol. The summed E-state index contributed by atoms with van der Waals surface area (Å²) < 4.78 is 18.2. The van der Waals surface area contributed by atoms with E-state index in [4.69, 9.17) is 10.00 Å². The van der Waals surface area contributed by atoms with Crippen LogP contribution in [0.5, 0.6) is 0 Å². The van der Waals surface area contributed by atoms with Gasteiger partial charge in [0.05, 0.1) is 5.56 Å². The molecule has 6 heteroatoms. The van der Waals surface area contributed by atoms with Gasteiger partial charge in [0.25, 0.3) is 0 Å². The summed E-state index contributed by atoms with van der Waals surface area (Å²) >= 11 is 0. The average Bonchev–Trinajstić information content (AvgIpc) is 2.38. The molecule has 0 unspecified atom stereocenters. The van der Waals surface area contributed by atoms with Gasteiger partial charge in [-0.15, -0.1) is 0 Å². The Morgan fingerprint density at radius 1 is 1.38 bits per heavy atom. The first-order chi connectivity index (χ1) is 9.81. The molecule has 0 aliphatic carbocycles. The largest absolute Gasteiger partial charge is 0.444 e. The Bertz CT molecular complexity index is 533. The number of ether oxygens (including phenoxy) is 1. The molecule has 114 valence electrons. The standard InChI is InChI=1S/C15H20FN3O2/c1-15(2,3)21-14(20)19-8-4-7-18-12-5-6-13(16)11(9-12)10-17/h5-6,9,18H,4,7-8H2,1-3H3,(H,19,20). The van der Waals surface area contributed by atoms with Crippen LogP contribution in [0.3, 0.4) is 0 Å². The van der Waals surface area contributed by atoms with E-state index in [2.05, 4.69) is 10.6 Å². The molecule has 1 aromatic carbocycles. The summed E-state index contributed by atoms with van der Waals surface area (Å²) in [6.07, 6.45) is 0.231. The van der Waals surface area contributed by atoms with Crippen molar-refractivity contribution in [3.05, 3.63) is 29.6 Å². The van der Waals surface area contributed by atoms with Gasteiger partial charge in [0.2, 0.25) is 0 Å². The lowest BCUT2D eigenvalue weighted by atomic mass is 10.2. The first-order valence-corrected chi connectivity index (χ1v) is 6.72. The third-order valence-electron chi connectivity index (χ3n) is 2.44. The molecule has 0 saturated heterocycles. The first-order valence-electron chi connectivity index (χ1n) is 6.72. The van der Waals surface area contributed by atoms with E-state index >= 15 is 0 Å². The molecule has 0 radical (unpaired) electrons. The summed E-state index contributed by atoms with van der Waals surface area (Å²) in [6, 6.07) is 6.06. The number of rotatable bonds is 5. The molecule has 0 spiro atoms. The van der Waals surface area contributed by atoms with Gasteiger partial charge in [0.15, 0.2) is 0 Å². The molecule has 0 atom stereocenters. The fourth-order valence-electron chi connectivity index (χ4n) is 1.55. The molecule has 0 aromatic heterocycles. The molecule has 0 aliphatic rings. The quantitative estimate of drug-likeness (QED) is 0.818. The Morgan fingerprint density at radius 2 is 2.10 bits per heavy atom. The summed E-state index contributed by atoms with van der Waals surface area (Å²) in [7, 11) is 0. The summed E-state index contributed by atoms with van der Waals surface area (Å²) in [5.74, 6) is -0.533. The Hall–Kier alpha value is -2.29. The molecule has 1 amide bonds. The van der Waals surface area contributed by atoms with E-state index < -0.39 is 17.5 Å². The molecule has 0 aliphatic heterocycles. The van der Waals surface area contributed by atoms with Gasteiger partial charge in [-0.05, 0) is 45.4 Å². The van der Waals surface area contributed by atoms with Crippen LogP contribution >= 0.6 is 0 Å². The number of amides is 1. The Morgan fingerprint density at radius 3 is 2.71 bits per heavy atom. The zero-order valence-corrected chi connectivity index (χ0v) is 12.5. The van der Waals surface area contributed by atoms with E-state index in [1.807, 2.05) is 0 Å². The van der Waals surface area contributed by atoms with Crippen molar-refractivity contribution in [3.8, 4) is 6.07 Å². The van der Waals surface area contributed by atoms with Gasteiger partial charge in [0.1, 0.15) is 17.5 Å². The number of nitrogens with one attached hydrogen (secondary N) is 2. The maximum atomic E-state index is 13.1. The van der Waals surface area contributed by atoms with Crippen molar-refractivity contribution in [2.75, 3.05) is 18.4 Å². The van der Waals surface area contributed by atoms with E-state index in [0.717, 1.165) is 0 Å². The summed E-state index contributed by atoms with van der Waals surface area (Å²) in [6.45, 7) is 6.46. The van der Waals surface area contributed by atoms with Crippen LogP contribution in [0.4, 0.5) is 14.9 Å². The zero-order valence-electron chi connectivity index (χ0n) is 12.5. The summed E-state index contributed by atoms with van der Waals surface area (Å²) in [4.78, 5) is 11.4. The van der Waals surface area contributed by atoms with Crippen LogP contribution in [0.15, 0.2) is 18.2 Å². The minimum atomic E-state index is -0.533. The minimum Gasteiger partial charge on any atom is -0.444 e. The zero-order chi connectivity index (χ0) is 15.9. The van der Waals surface area contributed by atoms with Gasteiger partial charge >= 0.3 is 6.09 Å². The van der Waals surface area contributed by atoms with Crippen molar-refractivity contribution < 1.29 is 13.9 Å². The molecular weight excluding hydrogens is 273 g/mol. The lowest BCUT2D eigenvalue weighted by Gasteiger charge is -2.19. The fraction of sp³-hybridized carbons (Fsp3) is 0.467. The van der Waals surface area contributed by atoms with Crippen molar-refractivity contribution in [1.82, 2.24) is 5.32 Å². The minimum absolute atomic E-state index is 0.00637. The second kappa shape index (κ2) is 7.48. The lowest BCUT2D eigenvalue weighted by molar-refractivity contribution is 0.0528. The molecule has 0 fully saturated rings. The number of benzene rings is 1. The topological polar surface area (TPSA) is 74.2 Å². The normalized spacial score (nSPS) is 10.6. The molecule has 1 rings (SSSR count). The van der Waals surface area contributed by atoms with E-state index in [1.165, 1.54) is 12.1 Å². The predicted molar refractivity (Wildman–Crippen MR) is 78.5 cm³/mol. The highest BCUT2D eigenvalue weighted by Crippen LogP contribution is 2.13. The van der Waals surface area contributed by atoms with Crippen LogP contribution < -0.4 is 10.6 Å². The van der Waals surface area contributed by atoms with E-state index in [1.54, 1.807) is 32.9 Å². The van der Waals surface area contributed by atoms with Crippen LogP contribution in [-0.4, -0.2) is 24.8 Å². The number of anilines is 1. The third-order valence-corrected chi connectivity index (χ3v) is 2.44. The van der Waals surface area contributed by atoms with Crippen LogP contribution in [0, 0.1) is 17.1 Å². The number of carbonyl (C=O) groups excluding carboxylic acids is 1. The van der Waals surface area contributed by atoms with Gasteiger partial charge in [-0.2, -0.15) is 5.26 Å². The Balaban J connectivity index is 2.26. The van der Waals surface area contributed by atoms with Gasteiger partial charge in [-0.1, -0.05) is 0 Å². The van der Waals surface area contributed by atoms with Crippen molar-refractivity contribution in [2.24, 2.45) is 0 Å². The van der Waals surface area contributed by atoms with Crippen molar-refractivity contribution >= 4 is 11.8 Å². The highest BCUT2D eigenvalue weighted by molar-refractivity contribution is 5.67. The maximum Gasteiger partial charge on any atom is 0.407 e. The van der Waals surface area contributed by atoms with Crippen LogP contribution in [0.25, 0.3) is 0 Å². The highest BCUT2D eigenvalue weighted by Gasteiger charge is 2.15. The van der Waals surface area contributed by atoms with Crippen molar-refractivity contribution in [1.29, 1.82) is 5.26 Å². The summed E-state index contributed by atoms with van der Waals surface area (Å²) in [5, 5.41) is 14.4. The monoisotopic (exact) mass is 293 g/mol. The number of nitrogens with zero attached hydrogens (tertiary/aromatic N) is 1.